The number of nitrogens with two attached hydrogens (primary N) is 1. The van der Waals surface area contributed by atoms with Crippen molar-refractivity contribution in [3.63, 3.8) is 0 Å². The number of fused-ring (bicyclic) bond motifs is 3. The molecule has 0 unspecified atom stereocenters. The number of hydrogen-bond donors (Lipinski definition) is 1. The first-order valence-electron chi connectivity index (χ1n) is 9.67. The molecule has 2 heterocycles. The third-order valence-corrected chi connectivity index (χ3v) is 5.65. The number of benzene rings is 2. The van der Waals surface area contributed by atoms with Crippen LogP contribution in [0.4, 0.5) is 5.82 Å². The summed E-state index contributed by atoms with van der Waals surface area (Å²) in [6.07, 6.45) is 5.89. The molecule has 0 saturated carbocycles. The second-order valence-electron chi connectivity index (χ2n) is 6.93. The summed E-state index contributed by atoms with van der Waals surface area (Å²) >= 11 is 1.61. The van der Waals surface area contributed by atoms with E-state index in [-0.39, 0.29) is 0 Å². The van der Waals surface area contributed by atoms with Gasteiger partial charge in [-0.25, -0.2) is 9.97 Å². The lowest BCUT2D eigenvalue weighted by Gasteiger charge is -2.14. The maximum Gasteiger partial charge on any atom is 0.169 e. The van der Waals surface area contributed by atoms with Gasteiger partial charge >= 0.3 is 0 Å². The van der Waals surface area contributed by atoms with Gasteiger partial charge in [0.05, 0.1) is 24.1 Å². The van der Waals surface area contributed by atoms with Crippen molar-refractivity contribution < 1.29 is 0 Å². The molecular weight excluding hydrogens is 392 g/mol. The van der Waals surface area contributed by atoms with Gasteiger partial charge < -0.3 is 10.3 Å². The highest BCUT2D eigenvalue weighted by atomic mass is 32.2. The number of para-hydroxylation sites is 1. The Morgan fingerprint density at radius 1 is 1.13 bits per heavy atom. The highest BCUT2D eigenvalue weighted by Gasteiger charge is 2.17. The lowest BCUT2D eigenvalue weighted by atomic mass is 10.1. The first-order valence-corrected chi connectivity index (χ1v) is 10.9. The minimum atomic E-state index is 0.467. The highest BCUT2D eigenvalue weighted by molar-refractivity contribution is 7.98. The van der Waals surface area contributed by atoms with Crippen molar-refractivity contribution in [3.05, 3.63) is 71.9 Å². The number of nitrogens with zero attached hydrogens (tertiary/aromatic N) is 5. The number of anilines is 1. The first-order chi connectivity index (χ1) is 14.6. The van der Waals surface area contributed by atoms with Crippen molar-refractivity contribution in [2.45, 2.75) is 25.2 Å². The van der Waals surface area contributed by atoms with E-state index in [9.17, 15) is 0 Å². The number of aromatic nitrogens is 3. The molecule has 0 fully saturated rings. The number of pyridine rings is 1. The van der Waals surface area contributed by atoms with Gasteiger partial charge in [0.1, 0.15) is 5.52 Å². The van der Waals surface area contributed by atoms with Crippen LogP contribution in [0.5, 0.6) is 0 Å². The number of thioether (sulfide) groups is 1. The average molecular weight is 417 g/mol. The predicted molar refractivity (Wildman–Crippen MR) is 127 cm³/mol. The molecule has 2 N–H and O–H groups in total. The largest absolute Gasteiger partial charge is 0.382 e. The fraction of sp³-hybridized carbons (Fsp3) is 0.174. The Kier molecular flexibility index (Phi) is 5.72. The number of hydrazone groups is 1. The second kappa shape index (κ2) is 8.59. The van der Waals surface area contributed by atoms with E-state index in [4.69, 9.17) is 10.7 Å². The van der Waals surface area contributed by atoms with Gasteiger partial charge in [-0.05, 0) is 30.4 Å². The topological polar surface area (TPSA) is 72.3 Å². The zero-order chi connectivity index (χ0) is 21.1. The van der Waals surface area contributed by atoms with Crippen molar-refractivity contribution in [1.82, 2.24) is 19.5 Å². The summed E-state index contributed by atoms with van der Waals surface area (Å²) in [5, 5.41) is 7.81. The quantitative estimate of drug-likeness (QED) is 0.264. The fourth-order valence-corrected chi connectivity index (χ4v) is 4.14. The van der Waals surface area contributed by atoms with Gasteiger partial charge in [-0.1, -0.05) is 60.3 Å². The van der Waals surface area contributed by atoms with E-state index in [1.165, 1.54) is 11.1 Å². The summed E-state index contributed by atoms with van der Waals surface area (Å²) < 4.78 is 2.23. The van der Waals surface area contributed by atoms with Crippen LogP contribution in [0.3, 0.4) is 0 Å². The van der Waals surface area contributed by atoms with Crippen molar-refractivity contribution >= 4 is 46.2 Å². The van der Waals surface area contributed by atoms with Gasteiger partial charge in [0.25, 0.3) is 0 Å². The maximum atomic E-state index is 6.24. The Labute approximate surface area is 180 Å². The summed E-state index contributed by atoms with van der Waals surface area (Å²) in [6.45, 7) is 6.98. The van der Waals surface area contributed by atoms with Crippen LogP contribution >= 0.6 is 11.8 Å². The summed E-state index contributed by atoms with van der Waals surface area (Å²) in [6, 6.07) is 16.6. The molecule has 0 amide bonds. The lowest BCUT2D eigenvalue weighted by Crippen LogP contribution is -2.08. The van der Waals surface area contributed by atoms with Crippen LogP contribution in [-0.4, -0.2) is 32.5 Å². The first kappa shape index (κ1) is 20.0. The highest BCUT2D eigenvalue weighted by Crippen LogP contribution is 2.32. The van der Waals surface area contributed by atoms with Crippen LogP contribution < -0.4 is 5.73 Å². The summed E-state index contributed by atoms with van der Waals surface area (Å²) in [4.78, 5) is 9.30. The zero-order valence-corrected chi connectivity index (χ0v) is 17.9. The standard InChI is InChI=1S/C23H24N6S/c1-4-13-28(25-2)14-16-9-11-17(12-10-16)15-29-21-18-7-5-6-8-19(18)26-22(24)20(21)27-23(29)30-3/h4-13H,2,14-15H2,1,3H3,(H2,24,26)/b13-4-. The van der Waals surface area contributed by atoms with E-state index in [1.54, 1.807) is 11.8 Å². The molecule has 7 heteroatoms. The normalized spacial score (nSPS) is 11.5. The molecular formula is C23H24N6S. The van der Waals surface area contributed by atoms with Gasteiger partial charge in [0.2, 0.25) is 0 Å². The number of nitrogen functional groups attached to an aromatic ring is 1. The number of rotatable bonds is 7. The maximum absolute atomic E-state index is 6.24. The average Bonchev–Trinajstić information content (AvgIpc) is 3.14. The van der Waals surface area contributed by atoms with E-state index in [1.807, 2.05) is 48.7 Å². The third-order valence-electron chi connectivity index (χ3n) is 4.97. The summed E-state index contributed by atoms with van der Waals surface area (Å²) in [7, 11) is 0. The molecule has 6 nitrogen and oxygen atoms in total. The summed E-state index contributed by atoms with van der Waals surface area (Å²) in [5.74, 6) is 0.467. The molecule has 0 saturated heterocycles. The van der Waals surface area contributed by atoms with Crippen LogP contribution in [-0.2, 0) is 13.1 Å². The molecule has 0 aliphatic heterocycles. The van der Waals surface area contributed by atoms with E-state index >= 15 is 0 Å². The zero-order valence-electron chi connectivity index (χ0n) is 17.1. The monoisotopic (exact) mass is 416 g/mol. The smallest absolute Gasteiger partial charge is 0.169 e. The molecule has 0 aliphatic carbocycles. The fourth-order valence-electron chi connectivity index (χ4n) is 3.58. The van der Waals surface area contributed by atoms with Gasteiger partial charge in [-0.15, -0.1) is 0 Å². The number of allylic oxidation sites excluding steroid dienone is 1. The lowest BCUT2D eigenvalue weighted by molar-refractivity contribution is 0.395. The molecule has 2 aromatic carbocycles. The molecule has 30 heavy (non-hydrogen) atoms. The van der Waals surface area contributed by atoms with Crippen LogP contribution in [0.25, 0.3) is 21.9 Å². The SMILES string of the molecule is C=NN(/C=C\C)Cc1ccc(Cn2c(SC)nc3c(N)nc4ccccc4c32)cc1. The van der Waals surface area contributed by atoms with Crippen molar-refractivity contribution in [2.24, 2.45) is 5.10 Å². The molecule has 4 rings (SSSR count). The third kappa shape index (κ3) is 3.76. The van der Waals surface area contributed by atoms with E-state index < -0.39 is 0 Å². The summed E-state index contributed by atoms with van der Waals surface area (Å²) in [5.41, 5.74) is 11.3. The van der Waals surface area contributed by atoms with E-state index in [0.29, 0.717) is 18.9 Å². The second-order valence-corrected chi connectivity index (χ2v) is 7.71. The van der Waals surface area contributed by atoms with Crippen molar-refractivity contribution in [2.75, 3.05) is 12.0 Å². The molecule has 0 spiro atoms. The van der Waals surface area contributed by atoms with Gasteiger partial charge in [-0.2, -0.15) is 5.10 Å². The molecule has 0 atom stereocenters. The molecule has 2 aromatic heterocycles. The van der Waals surface area contributed by atoms with Crippen LogP contribution in [0, 0.1) is 0 Å². The van der Waals surface area contributed by atoms with Crippen molar-refractivity contribution in [3.8, 4) is 0 Å². The Balaban J connectivity index is 1.72. The Morgan fingerprint density at radius 2 is 1.87 bits per heavy atom. The van der Waals surface area contributed by atoms with Gasteiger partial charge in [-0.3, -0.25) is 5.01 Å². The predicted octanol–water partition coefficient (Wildman–Crippen LogP) is 4.89. The van der Waals surface area contributed by atoms with E-state index in [0.717, 1.165) is 27.1 Å². The van der Waals surface area contributed by atoms with Crippen LogP contribution in [0.1, 0.15) is 18.1 Å². The minimum Gasteiger partial charge on any atom is -0.382 e. The van der Waals surface area contributed by atoms with Gasteiger partial charge in [0, 0.05) is 18.3 Å². The Hall–Kier alpha value is -3.32. The minimum absolute atomic E-state index is 0.467. The van der Waals surface area contributed by atoms with Crippen LogP contribution in [0.15, 0.2) is 71.1 Å². The molecule has 0 radical (unpaired) electrons. The van der Waals surface area contributed by atoms with Crippen molar-refractivity contribution in [1.29, 1.82) is 0 Å². The number of hydrogen-bond acceptors (Lipinski definition) is 6. The van der Waals surface area contributed by atoms with Crippen LogP contribution in [0.2, 0.25) is 0 Å². The molecule has 4 aromatic rings. The Morgan fingerprint density at radius 3 is 2.57 bits per heavy atom. The molecule has 0 bridgehead atoms. The number of imidazole rings is 1. The van der Waals surface area contributed by atoms with E-state index in [2.05, 4.69) is 51.7 Å². The molecule has 152 valence electrons. The van der Waals surface area contributed by atoms with Gasteiger partial charge in [0.15, 0.2) is 11.0 Å². The Bertz CT molecular complexity index is 1230. The molecule has 0 aliphatic rings.